The molecule has 1 aromatic carbocycles. The van der Waals surface area contributed by atoms with Crippen LogP contribution in [0.5, 0.6) is 0 Å². The number of carbonyl (C=O) groups is 1. The molecule has 86 valence electrons. The molecule has 2 rings (SSSR count). The van der Waals surface area contributed by atoms with E-state index in [2.05, 4.69) is 24.4 Å². The molecule has 1 N–H and O–H groups in total. The fraction of sp³-hybridized carbons (Fsp3) is 0.462. The quantitative estimate of drug-likeness (QED) is 0.813. The Balaban J connectivity index is 2.10. The van der Waals surface area contributed by atoms with Crippen LogP contribution in [0, 0.1) is 0 Å². The molecule has 1 fully saturated rings. The van der Waals surface area contributed by atoms with E-state index >= 15 is 0 Å². The van der Waals surface area contributed by atoms with Crippen LogP contribution in [0.3, 0.4) is 0 Å². The fourth-order valence-corrected chi connectivity index (χ4v) is 2.02. The topological polar surface area (TPSA) is 32.3 Å². The van der Waals surface area contributed by atoms with Crippen molar-refractivity contribution in [2.45, 2.75) is 32.5 Å². The van der Waals surface area contributed by atoms with Crippen LogP contribution < -0.4 is 5.32 Å². The van der Waals surface area contributed by atoms with Gasteiger partial charge in [0.05, 0.1) is 6.04 Å². The van der Waals surface area contributed by atoms with Crippen LogP contribution in [-0.2, 0) is 11.3 Å². The van der Waals surface area contributed by atoms with Gasteiger partial charge in [0.1, 0.15) is 0 Å². The summed E-state index contributed by atoms with van der Waals surface area (Å²) in [5, 5.41) is 3.21. The minimum atomic E-state index is -0.0556. The first-order valence-electron chi connectivity index (χ1n) is 5.76. The molecule has 0 spiro atoms. The molecule has 1 saturated heterocycles. The van der Waals surface area contributed by atoms with Crippen LogP contribution in [-0.4, -0.2) is 29.4 Å². The zero-order chi connectivity index (χ0) is 11.5. The van der Waals surface area contributed by atoms with Gasteiger partial charge >= 0.3 is 0 Å². The number of hydrogen-bond donors (Lipinski definition) is 1. The summed E-state index contributed by atoms with van der Waals surface area (Å²) in [6.07, 6.45) is 0. The number of carbonyl (C=O) groups excluding carboxylic acids is 1. The van der Waals surface area contributed by atoms with Crippen molar-refractivity contribution in [2.75, 3.05) is 6.54 Å². The van der Waals surface area contributed by atoms with Crippen LogP contribution in [0.1, 0.15) is 19.4 Å². The monoisotopic (exact) mass is 218 g/mol. The van der Waals surface area contributed by atoms with Crippen molar-refractivity contribution < 1.29 is 4.79 Å². The van der Waals surface area contributed by atoms with Crippen LogP contribution >= 0.6 is 0 Å². The maximum atomic E-state index is 12.0. The molecule has 1 heterocycles. The lowest BCUT2D eigenvalue weighted by Gasteiger charge is -2.37. The van der Waals surface area contributed by atoms with Crippen LogP contribution in [0.25, 0.3) is 0 Å². The maximum absolute atomic E-state index is 12.0. The SMILES string of the molecule is CC1NCC(C)N(Cc2ccccc2)C1=O. The smallest absolute Gasteiger partial charge is 0.240 e. The molecule has 0 aliphatic carbocycles. The van der Waals surface area contributed by atoms with Gasteiger partial charge in [-0.15, -0.1) is 0 Å². The molecular formula is C13H18N2O. The van der Waals surface area contributed by atoms with E-state index in [1.54, 1.807) is 0 Å². The van der Waals surface area contributed by atoms with Gasteiger partial charge in [-0.2, -0.15) is 0 Å². The third-order valence-corrected chi connectivity index (χ3v) is 3.10. The molecule has 1 amide bonds. The number of piperazine rings is 1. The summed E-state index contributed by atoms with van der Waals surface area (Å²) in [5.74, 6) is 0.197. The molecule has 16 heavy (non-hydrogen) atoms. The summed E-state index contributed by atoms with van der Waals surface area (Å²) in [7, 11) is 0. The highest BCUT2D eigenvalue weighted by Gasteiger charge is 2.29. The van der Waals surface area contributed by atoms with Crippen LogP contribution in [0.4, 0.5) is 0 Å². The van der Waals surface area contributed by atoms with E-state index in [0.29, 0.717) is 6.54 Å². The number of amides is 1. The van der Waals surface area contributed by atoms with Crippen LogP contribution in [0.15, 0.2) is 30.3 Å². The summed E-state index contributed by atoms with van der Waals surface area (Å²) in [6.45, 7) is 5.60. The fourth-order valence-electron chi connectivity index (χ4n) is 2.02. The molecule has 2 atom stereocenters. The largest absolute Gasteiger partial charge is 0.333 e. The van der Waals surface area contributed by atoms with Crippen molar-refractivity contribution in [1.82, 2.24) is 10.2 Å². The van der Waals surface area contributed by atoms with Crippen molar-refractivity contribution in [3.63, 3.8) is 0 Å². The Bertz CT molecular complexity index is 363. The average molecular weight is 218 g/mol. The second-order valence-corrected chi connectivity index (χ2v) is 4.43. The zero-order valence-electron chi connectivity index (χ0n) is 9.81. The Kier molecular flexibility index (Phi) is 3.25. The predicted molar refractivity (Wildman–Crippen MR) is 63.9 cm³/mol. The highest BCUT2D eigenvalue weighted by molar-refractivity contribution is 5.82. The number of benzene rings is 1. The minimum Gasteiger partial charge on any atom is -0.333 e. The Morgan fingerprint density at radius 2 is 2.00 bits per heavy atom. The first-order chi connectivity index (χ1) is 7.68. The third-order valence-electron chi connectivity index (χ3n) is 3.10. The lowest BCUT2D eigenvalue weighted by atomic mass is 10.1. The standard InChI is InChI=1S/C13H18N2O/c1-10-8-14-11(2)13(16)15(10)9-12-6-4-3-5-7-12/h3-7,10-11,14H,8-9H2,1-2H3. The minimum absolute atomic E-state index is 0.0556. The molecule has 1 aromatic rings. The van der Waals surface area contributed by atoms with Gasteiger partial charge in [-0.1, -0.05) is 30.3 Å². The van der Waals surface area contributed by atoms with Gasteiger partial charge in [-0.3, -0.25) is 4.79 Å². The van der Waals surface area contributed by atoms with E-state index in [9.17, 15) is 4.79 Å². The van der Waals surface area contributed by atoms with E-state index in [-0.39, 0.29) is 18.0 Å². The van der Waals surface area contributed by atoms with Crippen molar-refractivity contribution in [2.24, 2.45) is 0 Å². The van der Waals surface area contributed by atoms with Gasteiger partial charge in [0.15, 0.2) is 0 Å². The molecule has 0 radical (unpaired) electrons. The molecular weight excluding hydrogens is 200 g/mol. The van der Waals surface area contributed by atoms with Crippen molar-refractivity contribution >= 4 is 5.91 Å². The maximum Gasteiger partial charge on any atom is 0.240 e. The first kappa shape index (κ1) is 11.1. The second kappa shape index (κ2) is 4.66. The number of rotatable bonds is 2. The van der Waals surface area contributed by atoms with Crippen LogP contribution in [0.2, 0.25) is 0 Å². The normalized spacial score (nSPS) is 25.9. The van der Waals surface area contributed by atoms with E-state index in [4.69, 9.17) is 0 Å². The lowest BCUT2D eigenvalue weighted by Crippen LogP contribution is -2.57. The number of hydrogen-bond acceptors (Lipinski definition) is 2. The van der Waals surface area contributed by atoms with E-state index in [1.807, 2.05) is 30.0 Å². The Labute approximate surface area is 96.5 Å². The first-order valence-corrected chi connectivity index (χ1v) is 5.76. The van der Waals surface area contributed by atoms with Gasteiger partial charge in [-0.25, -0.2) is 0 Å². The number of nitrogens with zero attached hydrogens (tertiary/aromatic N) is 1. The highest BCUT2D eigenvalue weighted by atomic mass is 16.2. The van der Waals surface area contributed by atoms with Crippen molar-refractivity contribution in [3.8, 4) is 0 Å². The van der Waals surface area contributed by atoms with E-state index < -0.39 is 0 Å². The van der Waals surface area contributed by atoms with E-state index in [0.717, 1.165) is 6.54 Å². The van der Waals surface area contributed by atoms with E-state index in [1.165, 1.54) is 5.56 Å². The summed E-state index contributed by atoms with van der Waals surface area (Å²) in [6, 6.07) is 10.4. The van der Waals surface area contributed by atoms with Gasteiger partial charge < -0.3 is 10.2 Å². The summed E-state index contributed by atoms with van der Waals surface area (Å²) >= 11 is 0. The molecule has 0 aromatic heterocycles. The molecule has 0 bridgehead atoms. The van der Waals surface area contributed by atoms with Gasteiger partial charge in [0.25, 0.3) is 0 Å². The Morgan fingerprint density at radius 3 is 2.69 bits per heavy atom. The molecule has 2 unspecified atom stereocenters. The summed E-state index contributed by atoms with van der Waals surface area (Å²) in [5.41, 5.74) is 1.19. The van der Waals surface area contributed by atoms with Crippen molar-refractivity contribution in [1.29, 1.82) is 0 Å². The van der Waals surface area contributed by atoms with Crippen molar-refractivity contribution in [3.05, 3.63) is 35.9 Å². The number of nitrogens with one attached hydrogen (secondary N) is 1. The molecule has 0 saturated carbocycles. The Hall–Kier alpha value is -1.35. The molecule has 1 aliphatic heterocycles. The molecule has 3 nitrogen and oxygen atoms in total. The zero-order valence-corrected chi connectivity index (χ0v) is 9.81. The third kappa shape index (κ3) is 2.25. The van der Waals surface area contributed by atoms with Gasteiger partial charge in [0.2, 0.25) is 5.91 Å². The van der Waals surface area contributed by atoms with Gasteiger partial charge in [0, 0.05) is 19.1 Å². The Morgan fingerprint density at radius 1 is 1.31 bits per heavy atom. The summed E-state index contributed by atoms with van der Waals surface area (Å²) in [4.78, 5) is 14.0. The van der Waals surface area contributed by atoms with Gasteiger partial charge in [-0.05, 0) is 19.4 Å². The highest BCUT2D eigenvalue weighted by Crippen LogP contribution is 2.13. The summed E-state index contributed by atoms with van der Waals surface area (Å²) < 4.78 is 0. The molecule has 3 heteroatoms. The molecule has 1 aliphatic rings. The predicted octanol–water partition coefficient (Wildman–Crippen LogP) is 1.40. The lowest BCUT2D eigenvalue weighted by molar-refractivity contribution is -0.138. The second-order valence-electron chi connectivity index (χ2n) is 4.43. The average Bonchev–Trinajstić information content (AvgIpc) is 2.31.